The molecule has 0 aliphatic heterocycles. The fourth-order valence-electron chi connectivity index (χ4n) is 8.26. The molecule has 0 amide bonds. The van der Waals surface area contributed by atoms with Crippen LogP contribution in [0.2, 0.25) is 0 Å². The van der Waals surface area contributed by atoms with Gasteiger partial charge in [-0.2, -0.15) is 132 Å². The van der Waals surface area contributed by atoms with Crippen molar-refractivity contribution in [3.63, 3.8) is 0 Å². The fourth-order valence-corrected chi connectivity index (χ4v) is 8.26. The molecule has 0 saturated heterocycles. The van der Waals surface area contributed by atoms with Gasteiger partial charge < -0.3 is 0 Å². The molecule has 7 rings (SSSR count). The lowest BCUT2D eigenvalue weighted by Crippen LogP contribution is -2.75. The van der Waals surface area contributed by atoms with Crippen LogP contribution in [-0.2, 0) is 56.0 Å². The Hall–Kier alpha value is -6.96. The summed E-state index contributed by atoms with van der Waals surface area (Å²) >= 11 is 0. The van der Waals surface area contributed by atoms with Crippen molar-refractivity contribution in [1.82, 2.24) is 0 Å². The molecule has 0 atom stereocenters. The van der Waals surface area contributed by atoms with Gasteiger partial charge in [-0.05, 0) is 36.4 Å². The number of benzene rings is 6. The van der Waals surface area contributed by atoms with Crippen LogP contribution in [0.25, 0.3) is 10.9 Å². The van der Waals surface area contributed by atoms with Crippen molar-refractivity contribution in [2.45, 2.75) is 56.0 Å². The molecule has 400 valence electrons. The number of rotatable bonds is 6. The molecule has 75 heavy (non-hydrogen) atoms. The van der Waals surface area contributed by atoms with E-state index in [1.165, 1.54) is 5.56 Å². The lowest BCUT2D eigenvalue weighted by Gasteiger charge is -2.46. The molecule has 1 nitrogen and oxygen atoms in total. The standard InChI is InChI=1S/C32H12BF24.C16H13FN/c34-25(35,36)13-1-14(26(37,38)39)6-21(5-13)33(22-7-15(27(40,41)42)2-16(8-22)28(43,44)45,23-9-17(29(46,47)48)3-18(10-23)30(49,50)51)24-11-19(31(52,53)54)4-20(12-24)32(55,56)57;17-15-10-14-8-4-5-9-16(14)18(12-15)11-13-6-2-1-3-7-13/h1-12H;1-10,12H,11H2/q-1;+1. The van der Waals surface area contributed by atoms with Crippen LogP contribution in [0.3, 0.4) is 0 Å². The van der Waals surface area contributed by atoms with Gasteiger partial charge in [0.05, 0.1) is 44.5 Å². The second-order valence-electron chi connectivity index (χ2n) is 16.6. The van der Waals surface area contributed by atoms with E-state index in [0.29, 0.717) is 6.54 Å². The van der Waals surface area contributed by atoms with Gasteiger partial charge in [-0.3, -0.25) is 0 Å². The summed E-state index contributed by atoms with van der Waals surface area (Å²) in [6, 6.07) is 10.7. The van der Waals surface area contributed by atoms with E-state index in [4.69, 9.17) is 0 Å². The van der Waals surface area contributed by atoms with Gasteiger partial charge in [0.2, 0.25) is 11.7 Å². The van der Waals surface area contributed by atoms with Gasteiger partial charge in [0.25, 0.3) is 0 Å². The molecule has 0 aliphatic rings. The number of nitrogens with zero attached hydrogens (tertiary/aromatic N) is 1. The van der Waals surface area contributed by atoms with E-state index in [2.05, 4.69) is 0 Å². The summed E-state index contributed by atoms with van der Waals surface area (Å²) in [5, 5.41) is 0.924. The van der Waals surface area contributed by atoms with Crippen LogP contribution < -0.4 is 26.4 Å². The molecule has 0 unspecified atom stereocenters. The summed E-state index contributed by atoms with van der Waals surface area (Å²) in [6.07, 6.45) is -53.3. The molecule has 0 bridgehead atoms. The Bertz CT molecular complexity index is 2750. The van der Waals surface area contributed by atoms with Crippen molar-refractivity contribution >= 4 is 38.9 Å². The highest BCUT2D eigenvalue weighted by molar-refractivity contribution is 7.20. The average molecular weight is 1100 g/mol. The molecule has 0 fully saturated rings. The topological polar surface area (TPSA) is 3.88 Å². The molecule has 1 heterocycles. The zero-order valence-corrected chi connectivity index (χ0v) is 36.5. The van der Waals surface area contributed by atoms with Gasteiger partial charge in [-0.1, -0.05) is 91.0 Å². The second kappa shape index (κ2) is 19.6. The minimum Gasteiger partial charge on any atom is -0.200 e. The Kier molecular flexibility index (Phi) is 15.0. The minimum atomic E-state index is -6.13. The summed E-state index contributed by atoms with van der Waals surface area (Å²) in [5.74, 6) is -0.204. The Morgan fingerprint density at radius 2 is 0.560 bits per heavy atom. The number of alkyl halides is 24. The molecule has 1 aromatic heterocycles. The lowest BCUT2D eigenvalue weighted by atomic mass is 9.12. The van der Waals surface area contributed by atoms with Crippen molar-refractivity contribution < 1.29 is 114 Å². The van der Waals surface area contributed by atoms with Crippen LogP contribution in [0.4, 0.5) is 110 Å². The van der Waals surface area contributed by atoms with E-state index < -0.39 is 195 Å². The highest BCUT2D eigenvalue weighted by Gasteiger charge is 2.47. The average Bonchev–Trinajstić information content (AvgIpc) is 3.27. The van der Waals surface area contributed by atoms with E-state index in [0.717, 1.165) is 10.9 Å². The van der Waals surface area contributed by atoms with Crippen molar-refractivity contribution in [2.24, 2.45) is 0 Å². The number of fused-ring (bicyclic) bond motifs is 1. The summed E-state index contributed by atoms with van der Waals surface area (Å²) < 4.78 is 356. The van der Waals surface area contributed by atoms with E-state index in [1.807, 2.05) is 59.2 Å². The molecule has 0 saturated carbocycles. The maximum atomic E-state index is 14.2. The van der Waals surface area contributed by atoms with Gasteiger partial charge in [0.15, 0.2) is 12.4 Å². The summed E-state index contributed by atoms with van der Waals surface area (Å²) in [4.78, 5) is 0. The third-order valence-corrected chi connectivity index (χ3v) is 11.5. The van der Waals surface area contributed by atoms with Gasteiger partial charge in [0, 0.05) is 17.0 Å². The van der Waals surface area contributed by atoms with Crippen LogP contribution in [-0.4, -0.2) is 6.15 Å². The number of hydrogen-bond acceptors (Lipinski definition) is 0. The van der Waals surface area contributed by atoms with Crippen LogP contribution in [0, 0.1) is 5.82 Å². The number of halogens is 25. The maximum Gasteiger partial charge on any atom is 0.416 e. The molecule has 0 N–H and O–H groups in total. The number of hydrogen-bond donors (Lipinski definition) is 0. The Morgan fingerprint density at radius 3 is 0.827 bits per heavy atom. The summed E-state index contributed by atoms with van der Waals surface area (Å²) in [5.41, 5.74) is -28.0. The highest BCUT2D eigenvalue weighted by atomic mass is 19.4. The highest BCUT2D eigenvalue weighted by Crippen LogP contribution is 2.41. The molecular formula is C48H25BF25N. The predicted octanol–water partition coefficient (Wildman–Crippen LogP) is 14.5. The van der Waals surface area contributed by atoms with Crippen LogP contribution in [0.15, 0.2) is 140 Å². The molecular weight excluding hydrogens is 1080 g/mol. The van der Waals surface area contributed by atoms with Crippen molar-refractivity contribution in [1.29, 1.82) is 0 Å². The van der Waals surface area contributed by atoms with E-state index in [1.54, 1.807) is 12.3 Å². The smallest absolute Gasteiger partial charge is 0.200 e. The van der Waals surface area contributed by atoms with E-state index in [-0.39, 0.29) is 5.82 Å². The minimum absolute atomic E-state index is 0.204. The number of pyridine rings is 1. The maximum absolute atomic E-state index is 14.2. The zero-order valence-electron chi connectivity index (χ0n) is 36.5. The van der Waals surface area contributed by atoms with Gasteiger partial charge in [-0.15, -0.1) is 0 Å². The molecule has 7 aromatic rings. The largest absolute Gasteiger partial charge is 0.416 e. The summed E-state index contributed by atoms with van der Waals surface area (Å²) in [6.45, 7) is 0.680. The SMILES string of the molecule is FC(F)(F)c1cc([B-](c2cc(C(F)(F)F)cc(C(F)(F)F)c2)(c2cc(C(F)(F)F)cc(C(F)(F)F)c2)c2cc(C(F)(F)F)cc(C(F)(F)F)c2)cc(C(F)(F)F)c1.Fc1cc2ccccc2[n+](Cc2ccccc2)c1. The Labute approximate surface area is 404 Å². The first-order valence-corrected chi connectivity index (χ1v) is 20.6. The number of para-hydroxylation sites is 1. The normalized spacial score (nSPS) is 13.5. The lowest BCUT2D eigenvalue weighted by molar-refractivity contribution is -0.663. The quantitative estimate of drug-likeness (QED) is 0.0888. The molecule has 0 radical (unpaired) electrons. The van der Waals surface area contributed by atoms with E-state index >= 15 is 0 Å². The monoisotopic (exact) mass is 1100 g/mol. The van der Waals surface area contributed by atoms with E-state index in [9.17, 15) is 110 Å². The Morgan fingerprint density at radius 1 is 0.307 bits per heavy atom. The Balaban J connectivity index is 0.000000421. The first kappa shape index (κ1) is 57.3. The van der Waals surface area contributed by atoms with Crippen LogP contribution >= 0.6 is 0 Å². The molecule has 27 heteroatoms. The second-order valence-corrected chi connectivity index (χ2v) is 16.6. The first-order valence-electron chi connectivity index (χ1n) is 20.6. The molecule has 0 spiro atoms. The van der Waals surface area contributed by atoms with Gasteiger partial charge in [-0.25, -0.2) is 4.39 Å². The van der Waals surface area contributed by atoms with Gasteiger partial charge in [0.1, 0.15) is 6.15 Å². The van der Waals surface area contributed by atoms with Crippen molar-refractivity contribution in [3.8, 4) is 0 Å². The van der Waals surface area contributed by atoms with Crippen molar-refractivity contribution in [3.05, 3.63) is 196 Å². The first-order chi connectivity index (χ1) is 34.1. The summed E-state index contributed by atoms with van der Waals surface area (Å²) in [7, 11) is 0. The molecule has 6 aromatic carbocycles. The van der Waals surface area contributed by atoms with Crippen LogP contribution in [0.5, 0.6) is 0 Å². The third kappa shape index (κ3) is 12.9. The fraction of sp³-hybridized carbons (Fsp3) is 0.188. The third-order valence-electron chi connectivity index (χ3n) is 11.5. The van der Waals surface area contributed by atoms with Crippen molar-refractivity contribution in [2.75, 3.05) is 0 Å². The molecule has 0 aliphatic carbocycles. The number of aromatic nitrogens is 1. The predicted molar refractivity (Wildman–Crippen MR) is 220 cm³/mol. The zero-order chi connectivity index (χ0) is 56.3. The van der Waals surface area contributed by atoms with Gasteiger partial charge >= 0.3 is 49.4 Å². The van der Waals surface area contributed by atoms with Crippen LogP contribution in [0.1, 0.15) is 50.1 Å².